The molecule has 1 fully saturated rings. The maximum absolute atomic E-state index is 12.8. The third-order valence-corrected chi connectivity index (χ3v) is 6.49. The Morgan fingerprint density at radius 3 is 2.32 bits per heavy atom. The Labute approximate surface area is 147 Å². The van der Waals surface area contributed by atoms with Crippen molar-refractivity contribution in [3.05, 3.63) is 47.3 Å². The van der Waals surface area contributed by atoms with E-state index < -0.39 is 10.0 Å². The van der Waals surface area contributed by atoms with Crippen LogP contribution in [-0.2, 0) is 17.1 Å². The number of hydrogen-bond donors (Lipinski definition) is 0. The van der Waals surface area contributed by atoms with Crippen LogP contribution in [-0.4, -0.2) is 59.5 Å². The van der Waals surface area contributed by atoms with Gasteiger partial charge in [0.2, 0.25) is 10.0 Å². The molecule has 25 heavy (non-hydrogen) atoms. The molecule has 1 amide bonds. The van der Waals surface area contributed by atoms with E-state index in [0.717, 1.165) is 11.1 Å². The zero-order valence-corrected chi connectivity index (χ0v) is 15.5. The minimum atomic E-state index is -3.53. The summed E-state index contributed by atoms with van der Waals surface area (Å²) in [6, 6.07) is 5.17. The van der Waals surface area contributed by atoms with Crippen LogP contribution >= 0.6 is 0 Å². The van der Waals surface area contributed by atoms with E-state index in [1.54, 1.807) is 35.0 Å². The molecule has 1 aromatic heterocycles. The molecule has 3 rings (SSSR count). The summed E-state index contributed by atoms with van der Waals surface area (Å²) in [6.07, 6.45) is 3.20. The van der Waals surface area contributed by atoms with Gasteiger partial charge in [-0.15, -0.1) is 0 Å². The fourth-order valence-corrected chi connectivity index (χ4v) is 4.38. The summed E-state index contributed by atoms with van der Waals surface area (Å²) in [5, 5.41) is 4.00. The first kappa shape index (κ1) is 17.6. The first-order valence-electron chi connectivity index (χ1n) is 8.14. The van der Waals surface area contributed by atoms with Gasteiger partial charge in [-0.1, -0.05) is 6.07 Å². The largest absolute Gasteiger partial charge is 0.336 e. The molecule has 0 bridgehead atoms. The number of piperazine rings is 1. The van der Waals surface area contributed by atoms with E-state index in [0.29, 0.717) is 36.6 Å². The lowest BCUT2D eigenvalue weighted by atomic mass is 10.1. The van der Waals surface area contributed by atoms with Crippen LogP contribution in [0.4, 0.5) is 0 Å². The molecule has 0 spiro atoms. The molecule has 1 aliphatic rings. The highest BCUT2D eigenvalue weighted by Crippen LogP contribution is 2.21. The second-order valence-electron chi connectivity index (χ2n) is 6.35. The van der Waals surface area contributed by atoms with Crippen molar-refractivity contribution in [2.24, 2.45) is 7.05 Å². The number of hydrogen-bond acceptors (Lipinski definition) is 4. The molecule has 0 radical (unpaired) electrons. The molecular weight excluding hydrogens is 340 g/mol. The van der Waals surface area contributed by atoms with Gasteiger partial charge in [-0.2, -0.15) is 9.40 Å². The lowest BCUT2D eigenvalue weighted by Crippen LogP contribution is -2.50. The molecular formula is C17H22N4O3S. The topological polar surface area (TPSA) is 75.5 Å². The number of aryl methyl sites for hydroxylation is 3. The van der Waals surface area contributed by atoms with Gasteiger partial charge in [0, 0.05) is 39.4 Å². The van der Waals surface area contributed by atoms with Crippen molar-refractivity contribution in [1.29, 1.82) is 0 Å². The average molecular weight is 362 g/mol. The Hall–Kier alpha value is -2.19. The average Bonchev–Trinajstić information content (AvgIpc) is 3.03. The van der Waals surface area contributed by atoms with Gasteiger partial charge in [-0.05, 0) is 37.1 Å². The third kappa shape index (κ3) is 3.45. The summed E-state index contributed by atoms with van der Waals surface area (Å²) < 4.78 is 28.6. The summed E-state index contributed by atoms with van der Waals surface area (Å²) in [7, 11) is -1.78. The van der Waals surface area contributed by atoms with Gasteiger partial charge in [0.1, 0.15) is 0 Å². The first-order chi connectivity index (χ1) is 11.8. The number of carbonyl (C=O) groups excluding carboxylic acids is 1. The number of sulfonamides is 1. The van der Waals surface area contributed by atoms with E-state index in [-0.39, 0.29) is 5.91 Å². The fourth-order valence-electron chi connectivity index (χ4n) is 2.87. The van der Waals surface area contributed by atoms with Crippen molar-refractivity contribution in [3.8, 4) is 0 Å². The molecule has 0 unspecified atom stereocenters. The lowest BCUT2D eigenvalue weighted by molar-refractivity contribution is 0.0698. The summed E-state index contributed by atoms with van der Waals surface area (Å²) in [5.41, 5.74) is 2.53. The number of carbonyl (C=O) groups is 1. The van der Waals surface area contributed by atoms with Crippen LogP contribution in [0.25, 0.3) is 0 Å². The normalized spacial score (nSPS) is 16.2. The molecule has 8 heteroatoms. The minimum absolute atomic E-state index is 0.115. The van der Waals surface area contributed by atoms with Crippen LogP contribution in [0.2, 0.25) is 0 Å². The maximum Gasteiger partial charge on any atom is 0.257 e. The SMILES string of the molecule is Cc1ccc(S(=O)(=O)N2CCN(C(=O)c3cnn(C)c3)CC2)cc1C. The standard InChI is InChI=1S/C17H22N4O3S/c1-13-4-5-16(10-14(13)2)25(23,24)21-8-6-20(7-9-21)17(22)15-11-18-19(3)12-15/h4-5,10-12H,6-9H2,1-3H3. The van der Waals surface area contributed by atoms with E-state index in [9.17, 15) is 13.2 Å². The quantitative estimate of drug-likeness (QED) is 0.822. The van der Waals surface area contributed by atoms with Crippen LogP contribution in [0.15, 0.2) is 35.5 Å². The number of amides is 1. The highest BCUT2D eigenvalue weighted by Gasteiger charge is 2.30. The van der Waals surface area contributed by atoms with E-state index in [2.05, 4.69) is 5.10 Å². The van der Waals surface area contributed by atoms with Gasteiger partial charge in [0.15, 0.2) is 0 Å². The molecule has 1 aromatic carbocycles. The van der Waals surface area contributed by atoms with Crippen molar-refractivity contribution >= 4 is 15.9 Å². The molecule has 0 aliphatic carbocycles. The second kappa shape index (κ2) is 6.61. The van der Waals surface area contributed by atoms with Crippen molar-refractivity contribution in [1.82, 2.24) is 19.0 Å². The van der Waals surface area contributed by atoms with Crippen LogP contribution in [0, 0.1) is 13.8 Å². The summed E-state index contributed by atoms with van der Waals surface area (Å²) in [6.45, 7) is 5.19. The number of aromatic nitrogens is 2. The lowest BCUT2D eigenvalue weighted by Gasteiger charge is -2.33. The number of nitrogens with zero attached hydrogens (tertiary/aromatic N) is 4. The number of benzene rings is 1. The molecule has 1 saturated heterocycles. The zero-order valence-electron chi connectivity index (χ0n) is 14.6. The highest BCUT2D eigenvalue weighted by atomic mass is 32.2. The van der Waals surface area contributed by atoms with Gasteiger partial charge in [0.05, 0.1) is 16.7 Å². The molecule has 0 atom stereocenters. The van der Waals surface area contributed by atoms with E-state index >= 15 is 0 Å². The summed E-state index contributed by atoms with van der Waals surface area (Å²) >= 11 is 0. The Morgan fingerprint density at radius 2 is 1.76 bits per heavy atom. The van der Waals surface area contributed by atoms with Crippen molar-refractivity contribution in [2.45, 2.75) is 18.7 Å². The predicted molar refractivity (Wildman–Crippen MR) is 93.8 cm³/mol. The Morgan fingerprint density at radius 1 is 1.08 bits per heavy atom. The zero-order chi connectivity index (χ0) is 18.2. The van der Waals surface area contributed by atoms with Crippen LogP contribution in [0.1, 0.15) is 21.5 Å². The first-order valence-corrected chi connectivity index (χ1v) is 9.58. The Bertz CT molecular complexity index is 896. The van der Waals surface area contributed by atoms with Crippen molar-refractivity contribution in [3.63, 3.8) is 0 Å². The Kier molecular flexibility index (Phi) is 4.66. The fraction of sp³-hybridized carbons (Fsp3) is 0.412. The molecule has 134 valence electrons. The summed E-state index contributed by atoms with van der Waals surface area (Å²) in [4.78, 5) is 14.4. The molecule has 0 N–H and O–H groups in total. The highest BCUT2D eigenvalue weighted by molar-refractivity contribution is 7.89. The van der Waals surface area contributed by atoms with Gasteiger partial charge in [0.25, 0.3) is 5.91 Å². The summed E-state index contributed by atoms with van der Waals surface area (Å²) in [5.74, 6) is -0.115. The molecule has 2 aromatic rings. The molecule has 2 heterocycles. The van der Waals surface area contributed by atoms with Gasteiger partial charge in [-0.25, -0.2) is 8.42 Å². The van der Waals surface area contributed by atoms with Crippen LogP contribution < -0.4 is 0 Å². The van der Waals surface area contributed by atoms with Crippen LogP contribution in [0.5, 0.6) is 0 Å². The van der Waals surface area contributed by atoms with Gasteiger partial charge < -0.3 is 4.90 Å². The third-order valence-electron chi connectivity index (χ3n) is 4.59. The van der Waals surface area contributed by atoms with Crippen molar-refractivity contribution in [2.75, 3.05) is 26.2 Å². The van der Waals surface area contributed by atoms with E-state index in [1.165, 1.54) is 10.5 Å². The molecule has 1 aliphatic heterocycles. The Balaban J connectivity index is 1.71. The molecule has 0 saturated carbocycles. The van der Waals surface area contributed by atoms with Gasteiger partial charge >= 0.3 is 0 Å². The monoisotopic (exact) mass is 362 g/mol. The smallest absolute Gasteiger partial charge is 0.257 e. The second-order valence-corrected chi connectivity index (χ2v) is 8.28. The van der Waals surface area contributed by atoms with Gasteiger partial charge in [-0.3, -0.25) is 9.48 Å². The molecule has 7 nitrogen and oxygen atoms in total. The maximum atomic E-state index is 12.8. The van der Waals surface area contributed by atoms with Crippen LogP contribution in [0.3, 0.4) is 0 Å². The number of rotatable bonds is 3. The predicted octanol–water partition coefficient (Wildman–Crippen LogP) is 1.18. The van der Waals surface area contributed by atoms with Crippen molar-refractivity contribution < 1.29 is 13.2 Å². The van der Waals surface area contributed by atoms with E-state index in [4.69, 9.17) is 0 Å². The van der Waals surface area contributed by atoms with E-state index in [1.807, 2.05) is 19.9 Å². The minimum Gasteiger partial charge on any atom is -0.336 e.